The van der Waals surface area contributed by atoms with E-state index in [1.54, 1.807) is 23.1 Å². The molecule has 1 saturated heterocycles. The number of benzene rings is 1. The smallest absolute Gasteiger partial charge is 0.275 e. The summed E-state index contributed by atoms with van der Waals surface area (Å²) in [6, 6.07) is 4.78. The summed E-state index contributed by atoms with van der Waals surface area (Å²) in [5.74, 6) is -0.731. The van der Waals surface area contributed by atoms with E-state index >= 15 is 0 Å². The monoisotopic (exact) mass is 429 g/mol. The molecule has 0 unspecified atom stereocenters. The quantitative estimate of drug-likeness (QED) is 0.638. The summed E-state index contributed by atoms with van der Waals surface area (Å²) < 4.78 is 0. The maximum Gasteiger partial charge on any atom is 0.275 e. The van der Waals surface area contributed by atoms with Gasteiger partial charge in [0.2, 0.25) is 0 Å². The van der Waals surface area contributed by atoms with Gasteiger partial charge in [0.1, 0.15) is 0 Å². The number of rotatable bonds is 6. The Bertz CT molecular complexity index is 882. The van der Waals surface area contributed by atoms with Crippen molar-refractivity contribution in [1.82, 2.24) is 15.1 Å². The Morgan fingerprint density at radius 3 is 2.32 bits per heavy atom. The third kappa shape index (κ3) is 5.31. The Hall–Kier alpha value is -2.74. The summed E-state index contributed by atoms with van der Waals surface area (Å²) in [6.07, 6.45) is 1.65. The molecule has 1 aromatic carbocycles. The number of carbonyl (C=O) groups excluding carboxylic acids is 4. The van der Waals surface area contributed by atoms with Crippen molar-refractivity contribution < 1.29 is 24.1 Å². The Morgan fingerprint density at radius 1 is 1.06 bits per heavy atom. The molecule has 2 aliphatic rings. The number of hydrogen-bond donors (Lipinski definition) is 2. The number of piperazine rings is 1. The van der Waals surface area contributed by atoms with Gasteiger partial charge in [-0.3, -0.25) is 24.1 Å². The molecule has 31 heavy (non-hydrogen) atoms. The van der Waals surface area contributed by atoms with Gasteiger partial charge in [-0.25, -0.2) is 0 Å². The molecule has 1 fully saturated rings. The highest BCUT2D eigenvalue weighted by Crippen LogP contribution is 2.25. The van der Waals surface area contributed by atoms with Crippen molar-refractivity contribution >= 4 is 23.6 Å². The van der Waals surface area contributed by atoms with Gasteiger partial charge in [-0.2, -0.15) is 0 Å². The molecule has 0 aromatic heterocycles. The number of hydrogen-bond acceptors (Lipinski definition) is 4. The largest absolute Gasteiger partial charge is 0.347 e. The first kappa shape index (κ1) is 22.9. The predicted octanol–water partition coefficient (Wildman–Crippen LogP) is 0.338. The van der Waals surface area contributed by atoms with Crippen molar-refractivity contribution in [2.45, 2.75) is 46.1 Å². The molecule has 8 heteroatoms. The van der Waals surface area contributed by atoms with Crippen LogP contribution in [0.3, 0.4) is 0 Å². The lowest BCUT2D eigenvalue weighted by Gasteiger charge is -2.32. The topological polar surface area (TPSA) is 91.2 Å². The number of unbranched alkanes of at least 4 members (excludes halogenated alkanes) is 1. The fourth-order valence-corrected chi connectivity index (χ4v) is 4.02. The molecule has 168 valence electrons. The fraction of sp³-hybridized carbons (Fsp3) is 0.565. The number of amides is 4. The lowest BCUT2D eigenvalue weighted by Crippen LogP contribution is -3.16. The van der Waals surface area contributed by atoms with Crippen LogP contribution in [0.1, 0.15) is 71.6 Å². The van der Waals surface area contributed by atoms with Crippen LogP contribution >= 0.6 is 0 Å². The first-order chi connectivity index (χ1) is 14.6. The molecule has 0 saturated carbocycles. The minimum absolute atomic E-state index is 0.0108. The number of fused-ring (bicyclic) bond motifs is 1. The van der Waals surface area contributed by atoms with Crippen LogP contribution in [0.25, 0.3) is 0 Å². The average molecular weight is 430 g/mol. The van der Waals surface area contributed by atoms with E-state index in [1.165, 1.54) is 4.90 Å². The Morgan fingerprint density at radius 2 is 1.71 bits per heavy atom. The lowest BCUT2D eigenvalue weighted by molar-refractivity contribution is -0.896. The van der Waals surface area contributed by atoms with Crippen molar-refractivity contribution in [2.24, 2.45) is 0 Å². The van der Waals surface area contributed by atoms with Crippen molar-refractivity contribution in [3.63, 3.8) is 0 Å². The Labute approximate surface area is 183 Å². The van der Waals surface area contributed by atoms with Gasteiger partial charge in [-0.1, -0.05) is 13.3 Å². The molecule has 4 amide bonds. The van der Waals surface area contributed by atoms with E-state index in [2.05, 4.69) is 5.32 Å². The summed E-state index contributed by atoms with van der Waals surface area (Å²) in [5.41, 5.74) is 0.852. The molecule has 3 rings (SSSR count). The standard InChI is InChI=1S/C23H32N4O4/c1-5-6-9-27-21(30)17-8-7-16(14-18(17)22(27)31)20(29)26-12-10-25(11-13-26)15-19(28)24-23(2,3)4/h7-8,14H,5-6,9-13,15H2,1-4H3,(H,24,28)/p+1. The number of nitrogens with zero attached hydrogens (tertiary/aromatic N) is 2. The molecular formula is C23H33N4O4+. The molecule has 8 nitrogen and oxygen atoms in total. The summed E-state index contributed by atoms with van der Waals surface area (Å²) in [7, 11) is 0. The molecule has 2 aliphatic heterocycles. The van der Waals surface area contributed by atoms with Crippen LogP contribution in [0, 0.1) is 0 Å². The van der Waals surface area contributed by atoms with Gasteiger partial charge >= 0.3 is 0 Å². The highest BCUT2D eigenvalue weighted by Gasteiger charge is 2.36. The van der Waals surface area contributed by atoms with Gasteiger partial charge in [-0.15, -0.1) is 0 Å². The van der Waals surface area contributed by atoms with E-state index < -0.39 is 0 Å². The number of quaternary nitrogens is 1. The van der Waals surface area contributed by atoms with Gasteiger partial charge in [-0.05, 0) is 45.4 Å². The maximum atomic E-state index is 13.0. The zero-order chi connectivity index (χ0) is 22.8. The molecule has 2 heterocycles. The third-order valence-corrected chi connectivity index (χ3v) is 5.64. The van der Waals surface area contributed by atoms with Gasteiger partial charge in [0.05, 0.1) is 37.3 Å². The van der Waals surface area contributed by atoms with Crippen LogP contribution in [0.15, 0.2) is 18.2 Å². The predicted molar refractivity (Wildman–Crippen MR) is 116 cm³/mol. The summed E-state index contributed by atoms with van der Waals surface area (Å²) in [5, 5.41) is 2.97. The molecule has 1 aromatic rings. The summed E-state index contributed by atoms with van der Waals surface area (Å²) in [6.45, 7) is 11.1. The number of carbonyl (C=O) groups is 4. The van der Waals surface area contributed by atoms with E-state index in [0.29, 0.717) is 56.0 Å². The second-order valence-electron chi connectivity index (χ2n) is 9.39. The molecule has 0 atom stereocenters. The second kappa shape index (κ2) is 9.18. The van der Waals surface area contributed by atoms with Gasteiger partial charge in [0.25, 0.3) is 23.6 Å². The minimum atomic E-state index is -0.317. The molecular weight excluding hydrogens is 396 g/mol. The van der Waals surface area contributed by atoms with E-state index in [-0.39, 0.29) is 29.2 Å². The van der Waals surface area contributed by atoms with E-state index in [1.807, 2.05) is 27.7 Å². The molecule has 2 N–H and O–H groups in total. The minimum Gasteiger partial charge on any atom is -0.347 e. The Balaban J connectivity index is 1.60. The number of imide groups is 1. The van der Waals surface area contributed by atoms with Crippen LogP contribution in [-0.4, -0.2) is 78.2 Å². The zero-order valence-corrected chi connectivity index (χ0v) is 18.9. The van der Waals surface area contributed by atoms with Crippen LogP contribution in [0.2, 0.25) is 0 Å². The second-order valence-corrected chi connectivity index (χ2v) is 9.39. The van der Waals surface area contributed by atoms with Crippen molar-refractivity contribution in [3.05, 3.63) is 34.9 Å². The summed E-state index contributed by atoms with van der Waals surface area (Å²) >= 11 is 0. The van der Waals surface area contributed by atoms with Crippen molar-refractivity contribution in [2.75, 3.05) is 39.3 Å². The molecule has 0 bridgehead atoms. The lowest BCUT2D eigenvalue weighted by atomic mass is 10.0. The normalized spacial score (nSPS) is 17.2. The first-order valence-corrected chi connectivity index (χ1v) is 11.0. The van der Waals surface area contributed by atoms with Crippen LogP contribution in [-0.2, 0) is 4.79 Å². The van der Waals surface area contributed by atoms with Crippen LogP contribution in [0.4, 0.5) is 0 Å². The van der Waals surface area contributed by atoms with E-state index in [9.17, 15) is 19.2 Å². The van der Waals surface area contributed by atoms with Gasteiger partial charge in [0, 0.05) is 17.6 Å². The van der Waals surface area contributed by atoms with Gasteiger partial charge in [0.15, 0.2) is 6.54 Å². The van der Waals surface area contributed by atoms with E-state index in [4.69, 9.17) is 0 Å². The SMILES string of the molecule is CCCCN1C(=O)c2ccc(C(=O)N3CC[NH+](CC(=O)NC(C)(C)C)CC3)cc2C1=O. The van der Waals surface area contributed by atoms with Crippen molar-refractivity contribution in [1.29, 1.82) is 0 Å². The summed E-state index contributed by atoms with van der Waals surface area (Å²) in [4.78, 5) is 54.4. The van der Waals surface area contributed by atoms with Crippen molar-refractivity contribution in [3.8, 4) is 0 Å². The highest BCUT2D eigenvalue weighted by atomic mass is 16.2. The Kier molecular flexibility index (Phi) is 6.79. The van der Waals surface area contributed by atoms with Gasteiger partial charge < -0.3 is 15.1 Å². The van der Waals surface area contributed by atoms with Crippen LogP contribution < -0.4 is 10.2 Å². The van der Waals surface area contributed by atoms with E-state index in [0.717, 1.165) is 17.7 Å². The molecule has 0 spiro atoms. The fourth-order valence-electron chi connectivity index (χ4n) is 4.02. The highest BCUT2D eigenvalue weighted by molar-refractivity contribution is 6.22. The molecule has 0 aliphatic carbocycles. The number of nitrogens with one attached hydrogen (secondary N) is 2. The third-order valence-electron chi connectivity index (χ3n) is 5.64. The molecule has 0 radical (unpaired) electrons. The average Bonchev–Trinajstić information content (AvgIpc) is 2.94. The first-order valence-electron chi connectivity index (χ1n) is 11.0. The van der Waals surface area contributed by atoms with Crippen LogP contribution in [0.5, 0.6) is 0 Å². The zero-order valence-electron chi connectivity index (χ0n) is 18.9. The maximum absolute atomic E-state index is 13.0.